The van der Waals surface area contributed by atoms with Gasteiger partial charge >= 0.3 is 5.97 Å². The quantitative estimate of drug-likeness (QED) is 0.280. The fourth-order valence-corrected chi connectivity index (χ4v) is 1.32. The largest absolute Gasteiger partial charge is 0.480 e. The third kappa shape index (κ3) is 5.90. The molecule has 8 nitrogen and oxygen atoms in total. The summed E-state index contributed by atoms with van der Waals surface area (Å²) in [6.45, 7) is 1.58. The van der Waals surface area contributed by atoms with Crippen molar-refractivity contribution in [3.63, 3.8) is 0 Å². The number of hydrogen-bond acceptors (Lipinski definition) is 7. The number of ketones is 1. The molecule has 0 aliphatic rings. The lowest BCUT2D eigenvalue weighted by Gasteiger charge is -2.28. The topological polar surface area (TPSA) is 145 Å². The van der Waals surface area contributed by atoms with E-state index < -0.39 is 49.4 Å². The van der Waals surface area contributed by atoms with Crippen molar-refractivity contribution in [3.05, 3.63) is 12.7 Å². The number of Topliss-reactive ketones (excluding diaryl/α,β-unsaturated/α-hetero) is 1. The standard InChI is InChI=1S/C11H18O8/c1-2-3-6(13)9(17)11(19-5-8(15)16)10(18)7(14)4-12/h2,7,9-12,14,17-18H,1,3-5H2,(H,15,16)/t7-,9+,10+,11-/m1/s1. The Morgan fingerprint density at radius 2 is 1.84 bits per heavy atom. The highest BCUT2D eigenvalue weighted by molar-refractivity contribution is 5.84. The maximum absolute atomic E-state index is 11.4. The van der Waals surface area contributed by atoms with Gasteiger partial charge in [-0.15, -0.1) is 6.58 Å². The van der Waals surface area contributed by atoms with Gasteiger partial charge in [-0.2, -0.15) is 0 Å². The maximum Gasteiger partial charge on any atom is 0.329 e. The van der Waals surface area contributed by atoms with Crippen LogP contribution in [0.4, 0.5) is 0 Å². The van der Waals surface area contributed by atoms with Crippen molar-refractivity contribution >= 4 is 11.8 Å². The molecule has 110 valence electrons. The number of aliphatic carboxylic acids is 1. The van der Waals surface area contributed by atoms with Gasteiger partial charge in [-0.3, -0.25) is 4.79 Å². The molecule has 4 atom stereocenters. The van der Waals surface area contributed by atoms with E-state index in [0.29, 0.717) is 0 Å². The minimum atomic E-state index is -1.84. The molecule has 0 saturated carbocycles. The zero-order chi connectivity index (χ0) is 15.0. The average Bonchev–Trinajstić information content (AvgIpc) is 2.37. The van der Waals surface area contributed by atoms with Gasteiger partial charge in [0.15, 0.2) is 5.78 Å². The van der Waals surface area contributed by atoms with E-state index in [-0.39, 0.29) is 6.42 Å². The van der Waals surface area contributed by atoms with Gasteiger partial charge in [-0.25, -0.2) is 4.79 Å². The van der Waals surface area contributed by atoms with Crippen molar-refractivity contribution in [2.75, 3.05) is 13.2 Å². The lowest BCUT2D eigenvalue weighted by atomic mass is 9.98. The smallest absolute Gasteiger partial charge is 0.329 e. The van der Waals surface area contributed by atoms with Crippen LogP contribution in [0.1, 0.15) is 6.42 Å². The van der Waals surface area contributed by atoms with Gasteiger partial charge in [0, 0.05) is 6.42 Å². The van der Waals surface area contributed by atoms with Crippen molar-refractivity contribution in [2.24, 2.45) is 0 Å². The summed E-state index contributed by atoms with van der Waals surface area (Å²) in [7, 11) is 0. The number of rotatable bonds is 10. The van der Waals surface area contributed by atoms with E-state index >= 15 is 0 Å². The fourth-order valence-electron chi connectivity index (χ4n) is 1.32. The van der Waals surface area contributed by atoms with Gasteiger partial charge in [0.05, 0.1) is 6.61 Å². The predicted molar refractivity (Wildman–Crippen MR) is 62.3 cm³/mol. The van der Waals surface area contributed by atoms with Gasteiger partial charge < -0.3 is 30.3 Å². The van der Waals surface area contributed by atoms with E-state index in [9.17, 15) is 24.9 Å². The molecule has 0 unspecified atom stereocenters. The van der Waals surface area contributed by atoms with Crippen LogP contribution in [0.5, 0.6) is 0 Å². The summed E-state index contributed by atoms with van der Waals surface area (Å²) in [5.41, 5.74) is 0. The number of carbonyl (C=O) groups is 2. The summed E-state index contributed by atoms with van der Waals surface area (Å²) in [5.74, 6) is -2.13. The Morgan fingerprint density at radius 3 is 2.26 bits per heavy atom. The molecule has 0 aliphatic heterocycles. The highest BCUT2D eigenvalue weighted by Crippen LogP contribution is 2.12. The van der Waals surface area contributed by atoms with Crippen LogP contribution in [0.15, 0.2) is 12.7 Å². The van der Waals surface area contributed by atoms with Crippen molar-refractivity contribution in [3.8, 4) is 0 Å². The molecule has 0 spiro atoms. The maximum atomic E-state index is 11.4. The predicted octanol–water partition coefficient (Wildman–Crippen LogP) is -2.32. The van der Waals surface area contributed by atoms with E-state index in [0.717, 1.165) is 0 Å². The molecule has 0 fully saturated rings. The summed E-state index contributed by atoms with van der Waals surface area (Å²) in [5, 5.41) is 45.7. The molecule has 5 N–H and O–H groups in total. The number of hydrogen-bond donors (Lipinski definition) is 5. The Balaban J connectivity index is 4.87. The van der Waals surface area contributed by atoms with E-state index in [2.05, 4.69) is 6.58 Å². The van der Waals surface area contributed by atoms with Crippen LogP contribution >= 0.6 is 0 Å². The molecule has 0 bridgehead atoms. The van der Waals surface area contributed by atoms with Crippen LogP contribution in [0.25, 0.3) is 0 Å². The Labute approximate surface area is 109 Å². The molecule has 0 heterocycles. The number of ether oxygens (including phenoxy) is 1. The molecule has 0 aromatic rings. The number of aliphatic hydroxyl groups excluding tert-OH is 4. The number of carboxylic acid groups (broad SMARTS) is 1. The Bertz CT molecular complexity index is 316. The third-order valence-corrected chi connectivity index (χ3v) is 2.30. The summed E-state index contributed by atoms with van der Waals surface area (Å²) >= 11 is 0. The highest BCUT2D eigenvalue weighted by atomic mass is 16.5. The van der Waals surface area contributed by atoms with Gasteiger partial charge in [0.25, 0.3) is 0 Å². The van der Waals surface area contributed by atoms with Crippen LogP contribution in [-0.2, 0) is 14.3 Å². The molecule has 0 radical (unpaired) electrons. The summed E-state index contributed by atoms with van der Waals surface area (Å²) in [6, 6.07) is 0. The molecule has 0 saturated heterocycles. The zero-order valence-electron chi connectivity index (χ0n) is 10.2. The summed E-state index contributed by atoms with van der Waals surface area (Å²) < 4.78 is 4.69. The SMILES string of the molecule is C=CCC(=O)[C@H](O)[C@@H](OCC(=O)O)[C@@H](O)[C@H](O)CO. The molecule has 19 heavy (non-hydrogen) atoms. The number of allylic oxidation sites excluding steroid dienone is 1. The monoisotopic (exact) mass is 278 g/mol. The molecule has 0 amide bonds. The second kappa shape index (κ2) is 8.73. The Morgan fingerprint density at radius 1 is 1.26 bits per heavy atom. The van der Waals surface area contributed by atoms with Gasteiger partial charge in [-0.05, 0) is 0 Å². The average molecular weight is 278 g/mol. The summed E-state index contributed by atoms with van der Waals surface area (Å²) in [6.07, 6.45) is -5.98. The van der Waals surface area contributed by atoms with Gasteiger partial charge in [0.1, 0.15) is 31.0 Å². The van der Waals surface area contributed by atoms with Crippen molar-refractivity contribution in [1.82, 2.24) is 0 Å². The Kier molecular flexibility index (Phi) is 8.12. The van der Waals surface area contributed by atoms with Crippen LogP contribution in [0.2, 0.25) is 0 Å². The van der Waals surface area contributed by atoms with E-state index in [1.165, 1.54) is 6.08 Å². The first-order valence-corrected chi connectivity index (χ1v) is 5.47. The first-order chi connectivity index (χ1) is 8.84. The number of carbonyl (C=O) groups excluding carboxylic acids is 1. The third-order valence-electron chi connectivity index (χ3n) is 2.30. The van der Waals surface area contributed by atoms with Crippen LogP contribution in [0.3, 0.4) is 0 Å². The van der Waals surface area contributed by atoms with E-state index in [4.69, 9.17) is 14.9 Å². The first kappa shape index (κ1) is 17.7. The van der Waals surface area contributed by atoms with Crippen LogP contribution < -0.4 is 0 Å². The normalized spacial score (nSPS) is 17.3. The second-order valence-corrected chi connectivity index (χ2v) is 3.81. The molecular formula is C11H18O8. The van der Waals surface area contributed by atoms with E-state index in [1.807, 2.05) is 0 Å². The van der Waals surface area contributed by atoms with Crippen molar-refractivity contribution in [1.29, 1.82) is 0 Å². The van der Waals surface area contributed by atoms with E-state index in [1.54, 1.807) is 0 Å². The van der Waals surface area contributed by atoms with Crippen LogP contribution in [-0.4, -0.2) is 74.9 Å². The number of aliphatic hydroxyl groups is 4. The molecular weight excluding hydrogens is 260 g/mol. The molecule has 0 aromatic carbocycles. The first-order valence-electron chi connectivity index (χ1n) is 5.47. The summed E-state index contributed by atoms with van der Waals surface area (Å²) in [4.78, 5) is 21.8. The lowest BCUT2D eigenvalue weighted by Crippen LogP contribution is -2.50. The van der Waals surface area contributed by atoms with Crippen molar-refractivity contribution in [2.45, 2.75) is 30.8 Å². The molecule has 0 aromatic heterocycles. The second-order valence-electron chi connectivity index (χ2n) is 3.81. The molecule has 0 rings (SSSR count). The zero-order valence-corrected chi connectivity index (χ0v) is 10.2. The fraction of sp³-hybridized carbons (Fsp3) is 0.636. The number of carboxylic acids is 1. The highest BCUT2D eigenvalue weighted by Gasteiger charge is 2.36. The Hall–Kier alpha value is -1.32. The molecule has 0 aliphatic carbocycles. The van der Waals surface area contributed by atoms with Crippen LogP contribution in [0, 0.1) is 0 Å². The van der Waals surface area contributed by atoms with Gasteiger partial charge in [0.2, 0.25) is 0 Å². The van der Waals surface area contributed by atoms with Crippen molar-refractivity contribution < 1.29 is 39.9 Å². The minimum Gasteiger partial charge on any atom is -0.480 e. The van der Waals surface area contributed by atoms with Gasteiger partial charge in [-0.1, -0.05) is 6.08 Å². The molecule has 8 heteroatoms. The lowest BCUT2D eigenvalue weighted by molar-refractivity contribution is -0.168. The minimum absolute atomic E-state index is 0.212.